The summed E-state index contributed by atoms with van der Waals surface area (Å²) in [4.78, 5) is 39.8. The molecule has 0 saturated carbocycles. The number of fused-ring (bicyclic) bond motifs is 3. The Labute approximate surface area is 206 Å². The lowest BCUT2D eigenvalue weighted by Crippen LogP contribution is -2.63. The van der Waals surface area contributed by atoms with E-state index in [2.05, 4.69) is 40.0 Å². The van der Waals surface area contributed by atoms with Crippen molar-refractivity contribution < 1.29 is 13.6 Å². The maximum atomic E-state index is 13.7. The number of nitrogens with zero attached hydrogens (tertiary/aromatic N) is 8. The van der Waals surface area contributed by atoms with Crippen LogP contribution in [0.4, 0.5) is 32.1 Å². The average molecular weight is 494 g/mol. The molecule has 7 rings (SSSR count). The van der Waals surface area contributed by atoms with Crippen LogP contribution in [-0.2, 0) is 0 Å². The van der Waals surface area contributed by atoms with Crippen molar-refractivity contribution in [1.82, 2.24) is 24.9 Å². The monoisotopic (exact) mass is 493 g/mol. The molecular formula is C24H25F2N9O. The highest BCUT2D eigenvalue weighted by Crippen LogP contribution is 2.34. The van der Waals surface area contributed by atoms with Crippen molar-refractivity contribution in [3.8, 4) is 0 Å². The summed E-state index contributed by atoms with van der Waals surface area (Å²) >= 11 is 0. The zero-order chi connectivity index (χ0) is 24.9. The first kappa shape index (κ1) is 22.5. The number of pyridine rings is 1. The molecule has 0 spiro atoms. The Morgan fingerprint density at radius 1 is 0.972 bits per heavy atom. The van der Waals surface area contributed by atoms with Gasteiger partial charge in [-0.05, 0) is 31.9 Å². The molecule has 2 unspecified atom stereocenters. The first-order valence-electron chi connectivity index (χ1n) is 11.9. The Morgan fingerprint density at radius 2 is 1.69 bits per heavy atom. The van der Waals surface area contributed by atoms with Crippen molar-refractivity contribution in [2.75, 3.05) is 46.2 Å². The van der Waals surface area contributed by atoms with Crippen molar-refractivity contribution in [2.45, 2.75) is 37.5 Å². The second-order valence-electron chi connectivity index (χ2n) is 9.79. The Kier molecular flexibility index (Phi) is 5.38. The number of hydrogen-bond donors (Lipinski definition) is 1. The minimum Gasteiger partial charge on any atom is -0.350 e. The van der Waals surface area contributed by atoms with Gasteiger partial charge in [0.2, 0.25) is 11.9 Å². The minimum atomic E-state index is -1.19. The molecule has 2 atom stereocenters. The van der Waals surface area contributed by atoms with Gasteiger partial charge in [0, 0.05) is 37.4 Å². The van der Waals surface area contributed by atoms with Gasteiger partial charge in [-0.15, -0.1) is 0 Å². The Hall–Kier alpha value is -3.96. The topological polar surface area (TPSA) is 103 Å². The third-order valence-corrected chi connectivity index (χ3v) is 6.97. The first-order chi connectivity index (χ1) is 17.3. The molecule has 4 aliphatic rings. The fraction of sp³-hybridized carbons (Fsp3) is 0.417. The molecule has 3 aromatic heterocycles. The largest absolute Gasteiger partial charge is 0.350 e. The van der Waals surface area contributed by atoms with E-state index in [-0.39, 0.29) is 18.0 Å². The van der Waals surface area contributed by atoms with Gasteiger partial charge < -0.3 is 20.0 Å². The second kappa shape index (κ2) is 8.61. The highest BCUT2D eigenvalue weighted by molar-refractivity contribution is 6.04. The molecule has 0 aromatic carbocycles. The third kappa shape index (κ3) is 4.27. The number of alkyl halides is 1. The third-order valence-electron chi connectivity index (χ3n) is 6.97. The van der Waals surface area contributed by atoms with Crippen LogP contribution in [0.5, 0.6) is 0 Å². The number of anilines is 4. The molecule has 10 nitrogen and oxygen atoms in total. The molecule has 4 saturated heterocycles. The molecule has 186 valence electrons. The van der Waals surface area contributed by atoms with E-state index in [4.69, 9.17) is 0 Å². The molecule has 7 heterocycles. The van der Waals surface area contributed by atoms with E-state index in [9.17, 15) is 13.6 Å². The number of halogens is 2. The van der Waals surface area contributed by atoms with Crippen LogP contribution in [0.3, 0.4) is 0 Å². The fourth-order valence-electron chi connectivity index (χ4n) is 5.19. The average Bonchev–Trinajstić information content (AvgIpc) is 2.88. The Balaban J connectivity index is 1.08. The predicted molar refractivity (Wildman–Crippen MR) is 129 cm³/mol. The molecule has 4 aliphatic heterocycles. The first-order valence-corrected chi connectivity index (χ1v) is 11.9. The molecule has 2 bridgehead atoms. The molecule has 1 amide bonds. The van der Waals surface area contributed by atoms with Crippen LogP contribution in [0.1, 0.15) is 30.1 Å². The van der Waals surface area contributed by atoms with Gasteiger partial charge in [0.15, 0.2) is 0 Å². The van der Waals surface area contributed by atoms with Gasteiger partial charge in [-0.25, -0.2) is 29.3 Å². The highest BCUT2D eigenvalue weighted by atomic mass is 19.1. The summed E-state index contributed by atoms with van der Waals surface area (Å²) in [6, 6.07) is 5.11. The summed E-state index contributed by atoms with van der Waals surface area (Å²) in [5.74, 6) is 0.981. The van der Waals surface area contributed by atoms with Gasteiger partial charge in [-0.2, -0.15) is 4.39 Å². The molecule has 1 N–H and O–H groups in total. The lowest BCUT2D eigenvalue weighted by atomic mass is 9.91. The van der Waals surface area contributed by atoms with Crippen molar-refractivity contribution in [2.24, 2.45) is 0 Å². The predicted octanol–water partition coefficient (Wildman–Crippen LogP) is 2.46. The number of hydrogen-bond acceptors (Lipinski definition) is 9. The van der Waals surface area contributed by atoms with Gasteiger partial charge in [0.1, 0.15) is 23.6 Å². The van der Waals surface area contributed by atoms with Crippen LogP contribution < -0.4 is 20.0 Å². The van der Waals surface area contributed by atoms with Crippen LogP contribution in [-0.4, -0.2) is 74.8 Å². The molecule has 0 aliphatic carbocycles. The van der Waals surface area contributed by atoms with E-state index >= 15 is 0 Å². The number of carbonyl (C=O) groups is 1. The van der Waals surface area contributed by atoms with Crippen LogP contribution in [0.25, 0.3) is 0 Å². The maximum Gasteiger partial charge on any atom is 0.257 e. The van der Waals surface area contributed by atoms with Crippen LogP contribution in [0, 0.1) is 5.95 Å². The molecule has 3 aromatic rings. The normalized spacial score (nSPS) is 22.4. The summed E-state index contributed by atoms with van der Waals surface area (Å²) in [5, 5.41) is 2.79. The molecule has 12 heteroatoms. The Morgan fingerprint density at radius 3 is 2.31 bits per heavy atom. The second-order valence-corrected chi connectivity index (χ2v) is 9.79. The van der Waals surface area contributed by atoms with Crippen LogP contribution in [0.2, 0.25) is 0 Å². The van der Waals surface area contributed by atoms with E-state index < -0.39 is 11.6 Å². The molecular weight excluding hydrogens is 468 g/mol. The van der Waals surface area contributed by atoms with Gasteiger partial charge in [0.05, 0.1) is 36.7 Å². The summed E-state index contributed by atoms with van der Waals surface area (Å²) in [7, 11) is 0. The number of nitrogens with one attached hydrogen (secondary N) is 1. The number of piperazine rings is 1. The van der Waals surface area contributed by atoms with Crippen molar-refractivity contribution in [3.05, 3.63) is 54.6 Å². The lowest BCUT2D eigenvalue weighted by molar-refractivity contribution is 0.102. The van der Waals surface area contributed by atoms with E-state index in [0.717, 1.165) is 12.8 Å². The van der Waals surface area contributed by atoms with Gasteiger partial charge in [0.25, 0.3) is 5.91 Å². The molecule has 4 fully saturated rings. The summed E-state index contributed by atoms with van der Waals surface area (Å²) in [5.41, 5.74) is -0.322. The maximum absolute atomic E-state index is 13.7. The van der Waals surface area contributed by atoms with Crippen molar-refractivity contribution >= 4 is 29.2 Å². The fourth-order valence-corrected chi connectivity index (χ4v) is 5.19. The number of carbonyl (C=O) groups excluding carboxylic acids is 1. The van der Waals surface area contributed by atoms with Crippen LogP contribution >= 0.6 is 0 Å². The Bertz CT molecular complexity index is 1260. The number of amides is 1. The standard InChI is InChI=1S/C24H25F2N9O/c1-24(26)12-33(13-24)20-5-2-15(7-27-20)22(36)32-16-8-28-23(29-9-16)35-11-17-3-4-18(35)10-34(17)21-6-19(25)30-14-31-21/h2,5-9,14,17-18H,3-4,10-13H2,1H3,(H,32,36). The van der Waals surface area contributed by atoms with E-state index in [0.29, 0.717) is 55.0 Å². The van der Waals surface area contributed by atoms with Gasteiger partial charge in [-0.3, -0.25) is 4.79 Å². The quantitative estimate of drug-likeness (QED) is 0.537. The van der Waals surface area contributed by atoms with E-state index in [1.807, 2.05) is 4.90 Å². The number of aromatic nitrogens is 5. The van der Waals surface area contributed by atoms with E-state index in [1.54, 1.807) is 31.5 Å². The van der Waals surface area contributed by atoms with Gasteiger partial charge >= 0.3 is 0 Å². The van der Waals surface area contributed by atoms with Gasteiger partial charge in [-0.1, -0.05) is 0 Å². The number of rotatable bonds is 5. The summed E-state index contributed by atoms with van der Waals surface area (Å²) < 4.78 is 27.3. The summed E-state index contributed by atoms with van der Waals surface area (Å²) in [6.45, 7) is 3.56. The van der Waals surface area contributed by atoms with E-state index in [1.165, 1.54) is 18.6 Å². The molecule has 0 radical (unpaired) electrons. The smallest absolute Gasteiger partial charge is 0.257 e. The SMILES string of the molecule is CC1(F)CN(c2ccc(C(=O)Nc3cnc(N4CC5CCC4CN5c4cc(F)ncn4)nc3)cn2)C1. The zero-order valence-electron chi connectivity index (χ0n) is 19.7. The van der Waals surface area contributed by atoms with Crippen LogP contribution in [0.15, 0.2) is 43.1 Å². The zero-order valence-corrected chi connectivity index (χ0v) is 19.7. The highest BCUT2D eigenvalue weighted by Gasteiger charge is 2.41. The minimum absolute atomic E-state index is 0.178. The number of piperidine rings is 2. The van der Waals surface area contributed by atoms with Crippen molar-refractivity contribution in [1.29, 1.82) is 0 Å². The molecule has 36 heavy (non-hydrogen) atoms. The summed E-state index contributed by atoms with van der Waals surface area (Å²) in [6.07, 6.45) is 7.88. The lowest BCUT2D eigenvalue weighted by Gasteiger charge is -2.51. The van der Waals surface area contributed by atoms with Crippen molar-refractivity contribution in [3.63, 3.8) is 0 Å².